The summed E-state index contributed by atoms with van der Waals surface area (Å²) in [5, 5.41) is 0. The number of fused-ring (bicyclic) bond motifs is 13. The van der Waals surface area contributed by atoms with Crippen molar-refractivity contribution in [1.29, 1.82) is 0 Å². The summed E-state index contributed by atoms with van der Waals surface area (Å²) >= 11 is 0. The van der Waals surface area contributed by atoms with Gasteiger partial charge >= 0.3 is 0 Å². The fourth-order valence-electron chi connectivity index (χ4n) is 12.5. The molecule has 1 atom stereocenters. The van der Waals surface area contributed by atoms with Crippen LogP contribution in [0.15, 0.2) is 237 Å². The van der Waals surface area contributed by atoms with Gasteiger partial charge in [-0.3, -0.25) is 0 Å². The topological polar surface area (TPSA) is 6.48 Å². The highest BCUT2D eigenvalue weighted by molar-refractivity contribution is 6.01. The first-order valence-electron chi connectivity index (χ1n) is 24.8. The summed E-state index contributed by atoms with van der Waals surface area (Å²) in [6.07, 6.45) is 0. The summed E-state index contributed by atoms with van der Waals surface area (Å²) in [6, 6.07) is 88.5. The van der Waals surface area contributed by atoms with Gasteiger partial charge in [0.2, 0.25) is 0 Å². The second-order valence-electron chi connectivity index (χ2n) is 20.9. The third-order valence-corrected chi connectivity index (χ3v) is 15.6. The lowest BCUT2D eigenvalue weighted by molar-refractivity contribution is 0.591. The van der Waals surface area contributed by atoms with Gasteiger partial charge in [-0.15, -0.1) is 0 Å². The molecule has 2 heteroatoms. The minimum absolute atomic E-state index is 0.0857. The molecule has 3 aliphatic rings. The maximum Gasteiger partial charge on any atom is 0.0727 e. The molecule has 0 aliphatic heterocycles. The smallest absolute Gasteiger partial charge is 0.0727 e. The summed E-state index contributed by atoms with van der Waals surface area (Å²) < 4.78 is 0. The summed E-state index contributed by atoms with van der Waals surface area (Å²) in [6.45, 7) is 11.8. The molecule has 0 saturated carbocycles. The van der Waals surface area contributed by atoms with Crippen LogP contribution in [0.2, 0.25) is 0 Å². The Morgan fingerprint density at radius 3 is 1.44 bits per heavy atom. The zero-order valence-electron chi connectivity index (χ0n) is 40.4. The third-order valence-electron chi connectivity index (χ3n) is 15.6. The molecular weight excluding hydrogens is 845 g/mol. The number of para-hydroxylation sites is 3. The van der Waals surface area contributed by atoms with Gasteiger partial charge in [-0.2, -0.15) is 0 Å². The fourth-order valence-corrected chi connectivity index (χ4v) is 12.5. The Hall–Kier alpha value is -8.20. The molecule has 0 bridgehead atoms. The van der Waals surface area contributed by atoms with Gasteiger partial charge in [0.25, 0.3) is 0 Å². The molecule has 0 saturated heterocycles. The van der Waals surface area contributed by atoms with E-state index in [-0.39, 0.29) is 10.8 Å². The van der Waals surface area contributed by atoms with Crippen LogP contribution in [0.5, 0.6) is 0 Å². The molecule has 0 N–H and O–H groups in total. The highest BCUT2D eigenvalue weighted by atomic mass is 15.1. The molecule has 0 radical (unpaired) electrons. The molecule has 1 spiro atoms. The van der Waals surface area contributed by atoms with Crippen LogP contribution >= 0.6 is 0 Å². The van der Waals surface area contributed by atoms with Crippen LogP contribution in [0.4, 0.5) is 34.1 Å². The van der Waals surface area contributed by atoms with Gasteiger partial charge in [-0.05, 0) is 156 Å². The number of rotatable bonds is 7. The molecule has 2 nitrogen and oxygen atoms in total. The van der Waals surface area contributed by atoms with Crippen molar-refractivity contribution in [3.8, 4) is 44.5 Å². The van der Waals surface area contributed by atoms with Crippen molar-refractivity contribution in [2.45, 2.75) is 50.9 Å². The van der Waals surface area contributed by atoms with Gasteiger partial charge in [0.05, 0.1) is 11.1 Å². The maximum atomic E-state index is 2.56. The highest BCUT2D eigenvalue weighted by Gasteiger charge is 2.53. The molecular formula is C68H54N2. The van der Waals surface area contributed by atoms with Crippen molar-refractivity contribution in [2.24, 2.45) is 0 Å². The first-order chi connectivity index (χ1) is 34.1. The molecule has 0 fully saturated rings. The number of nitrogens with zero attached hydrogens (tertiary/aromatic N) is 2. The minimum atomic E-state index is -0.639. The van der Waals surface area contributed by atoms with Crippen LogP contribution < -0.4 is 9.80 Å². The van der Waals surface area contributed by atoms with E-state index in [1.807, 2.05) is 0 Å². The molecule has 1 unspecified atom stereocenters. The van der Waals surface area contributed by atoms with Crippen LogP contribution in [-0.4, -0.2) is 0 Å². The van der Waals surface area contributed by atoms with Crippen LogP contribution in [0.3, 0.4) is 0 Å². The van der Waals surface area contributed by atoms with Crippen LogP contribution in [0.25, 0.3) is 44.5 Å². The van der Waals surface area contributed by atoms with Crippen molar-refractivity contribution in [3.05, 3.63) is 276 Å². The zero-order chi connectivity index (χ0) is 47.4. The van der Waals surface area contributed by atoms with E-state index in [9.17, 15) is 0 Å². The number of hydrogen-bond acceptors (Lipinski definition) is 2. The predicted molar refractivity (Wildman–Crippen MR) is 294 cm³/mol. The molecule has 0 heterocycles. The summed E-state index contributed by atoms with van der Waals surface area (Å²) in [4.78, 5) is 4.94. The second-order valence-corrected chi connectivity index (χ2v) is 20.9. The van der Waals surface area contributed by atoms with Crippen LogP contribution in [0.1, 0.15) is 73.6 Å². The molecule has 10 aromatic carbocycles. The Balaban J connectivity index is 1.12. The van der Waals surface area contributed by atoms with E-state index in [2.05, 4.69) is 281 Å². The van der Waals surface area contributed by atoms with E-state index in [0.29, 0.717) is 0 Å². The van der Waals surface area contributed by atoms with E-state index in [0.717, 1.165) is 34.1 Å². The van der Waals surface area contributed by atoms with Gasteiger partial charge in [-0.25, -0.2) is 0 Å². The third kappa shape index (κ3) is 6.12. The Morgan fingerprint density at radius 1 is 0.314 bits per heavy atom. The Labute approximate surface area is 412 Å². The molecule has 70 heavy (non-hydrogen) atoms. The van der Waals surface area contributed by atoms with Crippen LogP contribution in [-0.2, 0) is 16.2 Å². The van der Waals surface area contributed by atoms with E-state index in [1.165, 1.54) is 83.5 Å². The monoisotopic (exact) mass is 898 g/mol. The molecule has 336 valence electrons. The normalized spacial score (nSPS) is 15.4. The molecule has 13 rings (SSSR count). The SMILES string of the molecule is CC(C)(C)c1cccc2c1-c1ccc(N(c3ccccc3)c3ccc4c(c3)-c3ccccc3C4(C)C)cc1C21c2ccccc2-c2cc(-c3ccccc3)c(N(c3ccccc3)c3ccccc3)cc21. The lowest BCUT2D eigenvalue weighted by Crippen LogP contribution is -2.27. The van der Waals surface area contributed by atoms with E-state index >= 15 is 0 Å². The highest BCUT2D eigenvalue weighted by Crippen LogP contribution is 2.66. The van der Waals surface area contributed by atoms with E-state index in [4.69, 9.17) is 0 Å². The summed E-state index contributed by atoms with van der Waals surface area (Å²) in [5.41, 5.74) is 25.5. The fraction of sp³-hybridized carbons (Fsp3) is 0.118. The first-order valence-corrected chi connectivity index (χ1v) is 24.8. The van der Waals surface area contributed by atoms with E-state index in [1.54, 1.807) is 0 Å². The van der Waals surface area contributed by atoms with Crippen molar-refractivity contribution >= 4 is 34.1 Å². The Morgan fingerprint density at radius 2 is 0.800 bits per heavy atom. The predicted octanol–water partition coefficient (Wildman–Crippen LogP) is 18.2. The average Bonchev–Trinajstić information content (AvgIpc) is 3.95. The average molecular weight is 899 g/mol. The van der Waals surface area contributed by atoms with Crippen molar-refractivity contribution < 1.29 is 0 Å². The lowest BCUT2D eigenvalue weighted by Gasteiger charge is -2.34. The van der Waals surface area contributed by atoms with Gasteiger partial charge in [-0.1, -0.05) is 198 Å². The number of hydrogen-bond donors (Lipinski definition) is 0. The Bertz CT molecular complexity index is 3620. The van der Waals surface area contributed by atoms with Crippen LogP contribution in [0, 0.1) is 0 Å². The van der Waals surface area contributed by atoms with Crippen molar-refractivity contribution in [1.82, 2.24) is 0 Å². The molecule has 0 amide bonds. The first kappa shape index (κ1) is 41.9. The second kappa shape index (κ2) is 15.7. The van der Waals surface area contributed by atoms with Crippen molar-refractivity contribution in [2.75, 3.05) is 9.80 Å². The lowest BCUT2D eigenvalue weighted by atomic mass is 9.69. The van der Waals surface area contributed by atoms with E-state index < -0.39 is 5.41 Å². The summed E-state index contributed by atoms with van der Waals surface area (Å²) in [5.74, 6) is 0. The molecule has 10 aromatic rings. The largest absolute Gasteiger partial charge is 0.310 e. The summed E-state index contributed by atoms with van der Waals surface area (Å²) in [7, 11) is 0. The van der Waals surface area contributed by atoms with Crippen molar-refractivity contribution in [3.63, 3.8) is 0 Å². The zero-order valence-corrected chi connectivity index (χ0v) is 40.4. The van der Waals surface area contributed by atoms with Gasteiger partial charge < -0.3 is 9.80 Å². The van der Waals surface area contributed by atoms with Gasteiger partial charge in [0.15, 0.2) is 0 Å². The standard InChI is InChI=1S/C68H54N2/c1-66(2,3)60-35-22-36-61-65(60)53-39-37-50(69(46-25-12-7-13-26-46)49-38-40-58-55(41-49)51-31-18-20-33-57(51)67(58,4)5)42-62(53)68(61)59-34-21-19-32-52(59)56-43-54(45-23-10-6-11-24-45)64(44-63(56)68)70(47-27-14-8-15-28-47)48-29-16-9-17-30-48/h6-44H,1-5H3. The molecule has 3 aliphatic carbocycles. The van der Waals surface area contributed by atoms with Gasteiger partial charge in [0.1, 0.15) is 0 Å². The Kier molecular flexibility index (Phi) is 9.39. The number of benzene rings is 10. The number of anilines is 6. The molecule has 0 aromatic heterocycles. The minimum Gasteiger partial charge on any atom is -0.310 e. The quantitative estimate of drug-likeness (QED) is 0.157. The van der Waals surface area contributed by atoms with Gasteiger partial charge in [0, 0.05) is 39.4 Å². The maximum absolute atomic E-state index is 2.56.